The smallest absolute Gasteiger partial charge is 0.420 e. The molecule has 16 aromatic rings. The van der Waals surface area contributed by atoms with Crippen LogP contribution in [-0.4, -0.2) is 4.57 Å². The van der Waals surface area contributed by atoms with E-state index in [1.54, 1.807) is 24.3 Å². The maximum Gasteiger partial charge on any atom is 0.420 e. The van der Waals surface area contributed by atoms with Gasteiger partial charge < -0.3 is 23.2 Å². The van der Waals surface area contributed by atoms with Crippen molar-refractivity contribution in [3.8, 4) is 16.8 Å². The molecule has 0 saturated carbocycles. The highest BCUT2D eigenvalue weighted by Gasteiger charge is 2.53. The number of para-hydroxylation sites is 7. The first-order valence-corrected chi connectivity index (χ1v) is 28.9. The van der Waals surface area contributed by atoms with E-state index in [9.17, 15) is 13.2 Å². The number of hydrogen-bond acceptors (Lipinski definition) is 4. The topological polar surface area (TPSA) is 37.7 Å². The van der Waals surface area contributed by atoms with Gasteiger partial charge in [-0.3, -0.25) is 0 Å². The van der Waals surface area contributed by atoms with Crippen molar-refractivity contribution in [1.29, 1.82) is 0 Å². The van der Waals surface area contributed by atoms with Crippen LogP contribution in [0.25, 0.3) is 104 Å². The molecule has 0 N–H and O–H groups in total. The fraction of sp³-hybridized carbons (Fsp3) is 0.0390. The highest BCUT2D eigenvalue weighted by molar-refractivity contribution is 6.22. The summed E-state index contributed by atoms with van der Waals surface area (Å²) in [6.07, 6.45) is -4.70. The Hall–Kier alpha value is -11.0. The Labute approximate surface area is 493 Å². The minimum Gasteiger partial charge on any atom is -0.454 e. The Morgan fingerprint density at radius 3 is 1.39 bits per heavy atom. The summed E-state index contributed by atoms with van der Waals surface area (Å²) >= 11 is 0. The van der Waals surface area contributed by atoms with Gasteiger partial charge in [0.25, 0.3) is 0 Å². The number of fused-ring (bicyclic) bond motifs is 22. The third-order valence-corrected chi connectivity index (χ3v) is 18.4. The molecule has 10 heteroatoms. The van der Waals surface area contributed by atoms with Gasteiger partial charge in [-0.05, 0) is 148 Å². The van der Waals surface area contributed by atoms with Crippen LogP contribution in [0.3, 0.4) is 0 Å². The van der Waals surface area contributed by atoms with Crippen LogP contribution in [0.1, 0.15) is 33.4 Å². The SMILES string of the molecule is Cc1cccc2c1oc1c(N(c3ccc(F)cc3)c3cc4c(c5ccccc35)-c3c(cc(N(c5ccc(F)cc5)c5cccc6c5oc5c(C(F)(F)F)cccc56)c5ccccc35)C43c4ccccc4-n4c5ccccc5c5cccc3c54)cccc12. The monoisotopic (exact) mass is 1140 g/mol. The minimum atomic E-state index is -4.70. The molecule has 0 fully saturated rings. The van der Waals surface area contributed by atoms with Crippen LogP contribution in [0.4, 0.5) is 56.1 Å². The molecule has 0 saturated heterocycles. The Morgan fingerprint density at radius 2 is 0.805 bits per heavy atom. The van der Waals surface area contributed by atoms with E-state index >= 15 is 8.78 Å². The van der Waals surface area contributed by atoms with Gasteiger partial charge in [-0.1, -0.05) is 158 Å². The molecule has 4 heterocycles. The fourth-order valence-corrected chi connectivity index (χ4v) is 15.0. The molecule has 13 aromatic carbocycles. The maximum absolute atomic E-state index is 15.4. The summed E-state index contributed by atoms with van der Waals surface area (Å²) < 4.78 is 91.6. The van der Waals surface area contributed by atoms with Gasteiger partial charge in [-0.2, -0.15) is 13.2 Å². The zero-order valence-electron chi connectivity index (χ0n) is 46.2. The average Bonchev–Trinajstić information content (AvgIpc) is 1.54. The predicted molar refractivity (Wildman–Crippen MR) is 340 cm³/mol. The fourth-order valence-electron chi connectivity index (χ4n) is 15.0. The van der Waals surface area contributed by atoms with E-state index in [1.165, 1.54) is 30.3 Å². The molecule has 18 rings (SSSR count). The molecule has 1 spiro atoms. The van der Waals surface area contributed by atoms with Gasteiger partial charge in [0.15, 0.2) is 11.2 Å². The Balaban J connectivity index is 1.02. The number of hydrogen-bond donors (Lipinski definition) is 0. The van der Waals surface area contributed by atoms with E-state index in [0.29, 0.717) is 39.1 Å². The number of alkyl halides is 3. The number of halogens is 5. The quantitative estimate of drug-likeness (QED) is 0.156. The van der Waals surface area contributed by atoms with Crippen molar-refractivity contribution >= 4 is 121 Å². The summed E-state index contributed by atoms with van der Waals surface area (Å²) in [4.78, 5) is 4.22. The van der Waals surface area contributed by atoms with E-state index in [1.807, 2.05) is 47.4 Å². The van der Waals surface area contributed by atoms with Gasteiger partial charge in [0, 0.05) is 54.5 Å². The molecule has 1 aliphatic heterocycles. The highest BCUT2D eigenvalue weighted by Crippen LogP contribution is 2.66. The van der Waals surface area contributed by atoms with Crippen LogP contribution in [-0.2, 0) is 11.6 Å². The summed E-state index contributed by atoms with van der Waals surface area (Å²) in [6.45, 7) is 2.05. The molecule has 5 nitrogen and oxygen atoms in total. The average molecular weight is 1140 g/mol. The normalized spacial score (nSPS) is 14.4. The lowest BCUT2D eigenvalue weighted by Gasteiger charge is -2.40. The van der Waals surface area contributed by atoms with Gasteiger partial charge in [0.2, 0.25) is 0 Å². The standard InChI is InChI=1S/C77H44F5N3O2/c1-43-15-10-22-54-56-24-13-31-65(74(56)86-72(43)54)83(46-37-33-44(78)34-38-46)67-41-61-69(51-19-4-2-16-48(51)67)70-52-20-5-3-17-49(52)68(42-62(70)76(61)58-26-7-9-30-64(58)85-63-29-8-6-18-50(63)53-21-11-27-59(76)71(53)85)84(47-39-35-45(79)36-40-47)66-32-14-25-57-55-23-12-28-60(77(80,81)82)73(55)87-75(57)66/h2-42H,1H3. The van der Waals surface area contributed by atoms with E-state index < -0.39 is 23.0 Å². The van der Waals surface area contributed by atoms with Crippen LogP contribution in [0.2, 0.25) is 0 Å². The maximum atomic E-state index is 15.4. The lowest BCUT2D eigenvalue weighted by atomic mass is 9.65. The third kappa shape index (κ3) is 6.66. The number of anilines is 6. The molecule has 1 unspecified atom stereocenters. The first kappa shape index (κ1) is 49.5. The van der Waals surface area contributed by atoms with E-state index in [0.717, 1.165) is 122 Å². The lowest BCUT2D eigenvalue weighted by molar-refractivity contribution is -0.136. The van der Waals surface area contributed by atoms with Gasteiger partial charge in [0.05, 0.1) is 50.4 Å². The molecule has 0 radical (unpaired) electrons. The molecule has 2 aliphatic rings. The summed E-state index contributed by atoms with van der Waals surface area (Å²) in [5.41, 5.74) is 13.6. The van der Waals surface area contributed by atoms with Gasteiger partial charge >= 0.3 is 6.18 Å². The summed E-state index contributed by atoms with van der Waals surface area (Å²) in [5.74, 6) is -0.818. The molecular formula is C77H44F5N3O2. The second-order valence-electron chi connectivity index (χ2n) is 22.8. The van der Waals surface area contributed by atoms with Crippen molar-refractivity contribution in [3.63, 3.8) is 0 Å². The van der Waals surface area contributed by atoms with Crippen LogP contribution in [0, 0.1) is 18.6 Å². The van der Waals surface area contributed by atoms with E-state index in [-0.39, 0.29) is 17.0 Å². The molecule has 1 atom stereocenters. The van der Waals surface area contributed by atoms with Gasteiger partial charge in [-0.15, -0.1) is 0 Å². The number of furan rings is 2. The van der Waals surface area contributed by atoms with Crippen molar-refractivity contribution in [1.82, 2.24) is 4.57 Å². The van der Waals surface area contributed by atoms with Crippen LogP contribution >= 0.6 is 0 Å². The number of aryl methyl sites for hydroxylation is 1. The Bertz CT molecular complexity index is 5640. The second kappa shape index (κ2) is 17.8. The van der Waals surface area contributed by atoms with Crippen molar-refractivity contribution in [2.45, 2.75) is 18.5 Å². The molecular weight excluding hydrogens is 1090 g/mol. The number of benzene rings is 13. The third-order valence-electron chi connectivity index (χ3n) is 18.4. The molecule has 0 bridgehead atoms. The van der Waals surface area contributed by atoms with E-state index in [2.05, 4.69) is 162 Å². The zero-order chi connectivity index (χ0) is 58.2. The van der Waals surface area contributed by atoms with Crippen LogP contribution < -0.4 is 9.80 Å². The van der Waals surface area contributed by atoms with Gasteiger partial charge in [-0.25, -0.2) is 8.78 Å². The Kier molecular flexibility index (Phi) is 10.1. The minimum absolute atomic E-state index is 0.236. The first-order chi connectivity index (χ1) is 42.6. The van der Waals surface area contributed by atoms with Crippen LogP contribution in [0.15, 0.2) is 258 Å². The molecule has 1 aliphatic carbocycles. The molecule has 414 valence electrons. The zero-order valence-corrected chi connectivity index (χ0v) is 46.2. The summed E-state index contributed by atoms with van der Waals surface area (Å²) in [6, 6.07) is 80.0. The Morgan fingerprint density at radius 1 is 0.368 bits per heavy atom. The summed E-state index contributed by atoms with van der Waals surface area (Å²) in [7, 11) is 0. The first-order valence-electron chi connectivity index (χ1n) is 28.9. The molecule has 87 heavy (non-hydrogen) atoms. The number of rotatable bonds is 6. The lowest BCUT2D eigenvalue weighted by Crippen LogP contribution is -2.34. The van der Waals surface area contributed by atoms with Crippen molar-refractivity contribution < 1.29 is 30.8 Å². The number of aromatic nitrogens is 1. The predicted octanol–water partition coefficient (Wildman–Crippen LogP) is 22.1. The molecule has 3 aromatic heterocycles. The number of nitrogens with zero attached hydrogens (tertiary/aromatic N) is 3. The summed E-state index contributed by atoms with van der Waals surface area (Å²) in [5, 5.41) is 8.57. The van der Waals surface area contributed by atoms with E-state index in [4.69, 9.17) is 8.83 Å². The molecule has 0 amide bonds. The van der Waals surface area contributed by atoms with Gasteiger partial charge in [0.1, 0.15) is 22.8 Å². The highest BCUT2D eigenvalue weighted by atomic mass is 19.4. The van der Waals surface area contributed by atoms with Crippen molar-refractivity contribution in [3.05, 3.63) is 294 Å². The van der Waals surface area contributed by atoms with Crippen molar-refractivity contribution in [2.75, 3.05) is 9.80 Å². The van der Waals surface area contributed by atoms with Crippen LogP contribution in [0.5, 0.6) is 0 Å². The largest absolute Gasteiger partial charge is 0.454 e. The van der Waals surface area contributed by atoms with Crippen molar-refractivity contribution in [2.24, 2.45) is 0 Å². The second-order valence-corrected chi connectivity index (χ2v) is 22.8.